The van der Waals surface area contributed by atoms with E-state index in [1.807, 2.05) is 18.2 Å². The number of aromatic nitrogens is 2. The van der Waals surface area contributed by atoms with Crippen LogP contribution in [0.4, 0.5) is 0 Å². The highest BCUT2D eigenvalue weighted by Crippen LogP contribution is 2.34. The maximum atomic E-state index is 13.6. The van der Waals surface area contributed by atoms with Crippen LogP contribution in [0.2, 0.25) is 5.02 Å². The average molecular weight is 612 g/mol. The Labute approximate surface area is 250 Å². The summed E-state index contributed by atoms with van der Waals surface area (Å²) in [4.78, 5) is 15.4. The number of fused-ring (bicyclic) bond motifs is 2. The van der Waals surface area contributed by atoms with Gasteiger partial charge in [0.1, 0.15) is 16.2 Å². The van der Waals surface area contributed by atoms with Gasteiger partial charge in [0, 0.05) is 31.5 Å². The van der Waals surface area contributed by atoms with Crippen LogP contribution in [0.3, 0.4) is 0 Å². The molecule has 2 atom stereocenters. The number of carbonyl (C=O) groups excluding carboxylic acids is 1. The predicted molar refractivity (Wildman–Crippen MR) is 160 cm³/mol. The third-order valence-electron chi connectivity index (χ3n) is 7.07. The Kier molecular flexibility index (Phi) is 9.12. The highest BCUT2D eigenvalue weighted by molar-refractivity contribution is 7.89. The zero-order valence-electron chi connectivity index (χ0n) is 23.7. The third-order valence-corrected chi connectivity index (χ3v) is 9.05. The summed E-state index contributed by atoms with van der Waals surface area (Å²) in [6, 6.07) is 16.8. The summed E-state index contributed by atoms with van der Waals surface area (Å²) in [5.41, 5.74) is 2.93. The molecule has 1 amide bonds. The molecule has 0 spiro atoms. The number of carbonyl (C=O) groups is 1. The van der Waals surface area contributed by atoms with E-state index in [0.29, 0.717) is 24.5 Å². The Hall–Kier alpha value is -3.51. The Balaban J connectivity index is 1.34. The standard InChI is InChI=1S/C30H34ClN5O5S/c1-19(2)17-36(3)18-20-9-10-22-24(13-14-40-27(22)15-20)32-28(37)16-26(21-7-5-4-6-8-21)35-42(38,39)30-23(31)11-12-25-29(30)34-41-33-25/h4-12,15,19,24,26,35H,13-14,16-18H2,1-3H3,(H,32,37). The van der Waals surface area contributed by atoms with Gasteiger partial charge in [0.05, 0.1) is 23.7 Å². The van der Waals surface area contributed by atoms with E-state index in [1.165, 1.54) is 12.1 Å². The monoisotopic (exact) mass is 611 g/mol. The smallest absolute Gasteiger partial charge is 0.244 e. The predicted octanol–water partition coefficient (Wildman–Crippen LogP) is 5.01. The summed E-state index contributed by atoms with van der Waals surface area (Å²) in [6.45, 7) is 6.63. The van der Waals surface area contributed by atoms with Gasteiger partial charge < -0.3 is 15.0 Å². The molecule has 1 aromatic heterocycles. The summed E-state index contributed by atoms with van der Waals surface area (Å²) in [5.74, 6) is 1.02. The van der Waals surface area contributed by atoms with Gasteiger partial charge in [0.15, 0.2) is 5.52 Å². The zero-order chi connectivity index (χ0) is 29.9. The van der Waals surface area contributed by atoms with Gasteiger partial charge >= 0.3 is 0 Å². The molecule has 42 heavy (non-hydrogen) atoms. The van der Waals surface area contributed by atoms with Gasteiger partial charge in [-0.3, -0.25) is 4.79 Å². The molecule has 0 radical (unpaired) electrons. The van der Waals surface area contributed by atoms with E-state index in [9.17, 15) is 13.2 Å². The van der Waals surface area contributed by atoms with Crippen LogP contribution < -0.4 is 14.8 Å². The molecule has 3 aromatic carbocycles. The normalized spacial score (nSPS) is 15.9. The SMILES string of the molecule is CC(C)CN(C)Cc1ccc2c(c1)OCCC2NC(=O)CC(NS(=O)(=O)c1c(Cl)ccc2nonc12)c1ccccc1. The largest absolute Gasteiger partial charge is 0.493 e. The summed E-state index contributed by atoms with van der Waals surface area (Å²) in [6.07, 6.45) is 0.461. The second-order valence-corrected chi connectivity index (χ2v) is 13.1. The van der Waals surface area contributed by atoms with Gasteiger partial charge in [-0.25, -0.2) is 17.8 Å². The quantitative estimate of drug-likeness (QED) is 0.242. The lowest BCUT2D eigenvalue weighted by molar-refractivity contribution is -0.122. The molecule has 10 nitrogen and oxygen atoms in total. The maximum absolute atomic E-state index is 13.6. The number of ether oxygens (including phenoxy) is 1. The van der Waals surface area contributed by atoms with Crippen molar-refractivity contribution >= 4 is 38.6 Å². The first-order valence-corrected chi connectivity index (χ1v) is 15.7. The van der Waals surface area contributed by atoms with Crippen LogP contribution in [-0.2, 0) is 21.4 Å². The van der Waals surface area contributed by atoms with Crippen LogP contribution in [0.5, 0.6) is 5.75 Å². The molecule has 2 heterocycles. The Morgan fingerprint density at radius 2 is 1.90 bits per heavy atom. The van der Waals surface area contributed by atoms with Crippen LogP contribution in [0, 0.1) is 5.92 Å². The topological polar surface area (TPSA) is 127 Å². The molecular formula is C30H34ClN5O5S. The molecule has 1 aliphatic heterocycles. The van der Waals surface area contributed by atoms with E-state index < -0.39 is 16.1 Å². The van der Waals surface area contributed by atoms with Gasteiger partial charge in [0.2, 0.25) is 15.9 Å². The molecular weight excluding hydrogens is 578 g/mol. The van der Waals surface area contributed by atoms with Crippen molar-refractivity contribution in [2.45, 2.75) is 50.2 Å². The van der Waals surface area contributed by atoms with E-state index in [1.54, 1.807) is 24.3 Å². The first kappa shape index (κ1) is 30.0. The second kappa shape index (κ2) is 12.8. The second-order valence-electron chi connectivity index (χ2n) is 11.0. The van der Waals surface area contributed by atoms with Crippen LogP contribution in [0.1, 0.15) is 55.5 Å². The molecule has 12 heteroatoms. The van der Waals surface area contributed by atoms with Crippen LogP contribution in [0.15, 0.2) is 70.2 Å². The van der Waals surface area contributed by atoms with Crippen LogP contribution in [-0.4, -0.2) is 49.7 Å². The number of nitrogens with zero attached hydrogens (tertiary/aromatic N) is 3. The molecule has 0 bridgehead atoms. The number of hydrogen-bond acceptors (Lipinski definition) is 8. The highest BCUT2D eigenvalue weighted by Gasteiger charge is 2.30. The fourth-order valence-electron chi connectivity index (χ4n) is 5.34. The number of rotatable bonds is 11. The lowest BCUT2D eigenvalue weighted by Gasteiger charge is -2.28. The van der Waals surface area contributed by atoms with Gasteiger partial charge in [-0.1, -0.05) is 67.9 Å². The van der Waals surface area contributed by atoms with Crippen molar-refractivity contribution in [3.8, 4) is 5.75 Å². The maximum Gasteiger partial charge on any atom is 0.244 e. The van der Waals surface area contributed by atoms with Crippen LogP contribution >= 0.6 is 11.6 Å². The first-order chi connectivity index (χ1) is 20.1. The van der Waals surface area contributed by atoms with Crippen molar-refractivity contribution in [3.05, 3.63) is 82.4 Å². The molecule has 4 aromatic rings. The van der Waals surface area contributed by atoms with E-state index in [0.717, 1.165) is 30.0 Å². The molecule has 1 aliphatic rings. The summed E-state index contributed by atoms with van der Waals surface area (Å²) in [5, 5.41) is 10.5. The summed E-state index contributed by atoms with van der Waals surface area (Å²) >= 11 is 6.29. The molecule has 0 saturated carbocycles. The molecule has 0 aliphatic carbocycles. The minimum Gasteiger partial charge on any atom is -0.493 e. The fourth-order valence-corrected chi connectivity index (χ4v) is 7.23. The highest BCUT2D eigenvalue weighted by atomic mass is 35.5. The van der Waals surface area contributed by atoms with Gasteiger partial charge in [0.25, 0.3) is 0 Å². The van der Waals surface area contributed by atoms with Gasteiger partial charge in [-0.15, -0.1) is 0 Å². The third kappa shape index (κ3) is 6.92. The zero-order valence-corrected chi connectivity index (χ0v) is 25.3. The van der Waals surface area contributed by atoms with Crippen molar-refractivity contribution < 1.29 is 22.6 Å². The number of amides is 1. The number of sulfonamides is 1. The first-order valence-electron chi connectivity index (χ1n) is 13.8. The van der Waals surface area contributed by atoms with E-state index >= 15 is 0 Å². The van der Waals surface area contributed by atoms with E-state index in [2.05, 4.69) is 52.2 Å². The Morgan fingerprint density at radius 3 is 2.67 bits per heavy atom. The molecule has 2 unspecified atom stereocenters. The van der Waals surface area contributed by atoms with Gasteiger partial charge in [-0.2, -0.15) is 0 Å². The molecule has 0 saturated heterocycles. The molecule has 2 N–H and O–H groups in total. The van der Waals surface area contributed by atoms with Gasteiger partial charge in [-0.05, 0) is 52.6 Å². The lowest BCUT2D eigenvalue weighted by Crippen LogP contribution is -2.36. The number of benzene rings is 3. The van der Waals surface area contributed by atoms with Crippen LogP contribution in [0.25, 0.3) is 11.0 Å². The molecule has 222 valence electrons. The van der Waals surface area contributed by atoms with Crippen molar-refractivity contribution in [3.63, 3.8) is 0 Å². The van der Waals surface area contributed by atoms with Crippen molar-refractivity contribution in [2.24, 2.45) is 5.92 Å². The Bertz CT molecular complexity index is 1660. The summed E-state index contributed by atoms with van der Waals surface area (Å²) in [7, 11) is -2.14. The number of halogens is 1. The molecule has 0 fully saturated rings. The van der Waals surface area contributed by atoms with Crippen molar-refractivity contribution in [1.29, 1.82) is 0 Å². The summed E-state index contributed by atoms with van der Waals surface area (Å²) < 4.78 is 40.5. The van der Waals surface area contributed by atoms with Crippen molar-refractivity contribution in [2.75, 3.05) is 20.2 Å². The van der Waals surface area contributed by atoms with E-state index in [-0.39, 0.29) is 39.3 Å². The minimum absolute atomic E-state index is 0.0137. The minimum atomic E-state index is -4.23. The number of hydrogen-bond donors (Lipinski definition) is 2. The van der Waals surface area contributed by atoms with Crippen molar-refractivity contribution in [1.82, 2.24) is 25.3 Å². The molecule has 5 rings (SSSR count). The lowest BCUT2D eigenvalue weighted by atomic mass is 9.97. The average Bonchev–Trinajstić information content (AvgIpc) is 3.41. The Morgan fingerprint density at radius 1 is 1.12 bits per heavy atom. The number of nitrogens with one attached hydrogen (secondary N) is 2. The van der Waals surface area contributed by atoms with E-state index in [4.69, 9.17) is 21.0 Å². The fraction of sp³-hybridized carbons (Fsp3) is 0.367.